The molecule has 25 heavy (non-hydrogen) atoms. The fourth-order valence-corrected chi connectivity index (χ4v) is 2.99. The van der Waals surface area contributed by atoms with Gasteiger partial charge in [-0.15, -0.1) is 0 Å². The molecule has 3 N–H and O–H groups in total. The molecule has 1 unspecified atom stereocenters. The summed E-state index contributed by atoms with van der Waals surface area (Å²) in [5, 5.41) is 9.32. The lowest BCUT2D eigenvalue weighted by molar-refractivity contribution is -0.128. The van der Waals surface area contributed by atoms with E-state index in [4.69, 9.17) is 0 Å². The number of carbonyl (C=O) groups excluding carboxylic acids is 1. The number of nitrogens with zero attached hydrogens (tertiary/aromatic N) is 1. The summed E-state index contributed by atoms with van der Waals surface area (Å²) in [6.07, 6.45) is 2.10. The molecule has 1 amide bonds. The van der Waals surface area contributed by atoms with E-state index in [1.165, 1.54) is 5.56 Å². The first kappa shape index (κ1) is 21.5. The standard InChI is InChI=1S/C19H31BrN4O/c1-6-14(10-15-8-7-9-16(20)11-15)12-23-18(22-5)24-13-19(2,3)17(25)21-4/h7-9,11,14H,6,10,12-13H2,1-5H3,(H,21,25)(H2,22,23,24). The van der Waals surface area contributed by atoms with E-state index in [1.54, 1.807) is 14.1 Å². The second-order valence-electron chi connectivity index (χ2n) is 6.88. The van der Waals surface area contributed by atoms with Crippen molar-refractivity contribution in [3.05, 3.63) is 34.3 Å². The maximum atomic E-state index is 11.9. The normalized spacial score (nSPS) is 13.3. The van der Waals surface area contributed by atoms with Crippen molar-refractivity contribution in [2.75, 3.05) is 27.2 Å². The van der Waals surface area contributed by atoms with E-state index in [-0.39, 0.29) is 5.91 Å². The summed E-state index contributed by atoms with van der Waals surface area (Å²) in [4.78, 5) is 16.1. The fourth-order valence-electron chi connectivity index (χ4n) is 2.54. The minimum absolute atomic E-state index is 0.0107. The Morgan fingerprint density at radius 2 is 2.04 bits per heavy atom. The molecule has 0 aliphatic heterocycles. The van der Waals surface area contributed by atoms with Crippen LogP contribution in [0.1, 0.15) is 32.8 Å². The number of carbonyl (C=O) groups is 1. The Morgan fingerprint density at radius 3 is 2.60 bits per heavy atom. The van der Waals surface area contributed by atoms with E-state index in [0.29, 0.717) is 12.5 Å². The highest BCUT2D eigenvalue weighted by Gasteiger charge is 2.26. The highest BCUT2D eigenvalue weighted by molar-refractivity contribution is 9.10. The molecule has 0 heterocycles. The highest BCUT2D eigenvalue weighted by atomic mass is 79.9. The van der Waals surface area contributed by atoms with Gasteiger partial charge in [0.1, 0.15) is 0 Å². The largest absolute Gasteiger partial charge is 0.359 e. The Morgan fingerprint density at radius 1 is 1.32 bits per heavy atom. The number of guanidine groups is 1. The second kappa shape index (κ2) is 10.4. The van der Waals surface area contributed by atoms with Crippen molar-refractivity contribution in [2.45, 2.75) is 33.6 Å². The average molecular weight is 411 g/mol. The predicted molar refractivity (Wildman–Crippen MR) is 109 cm³/mol. The highest BCUT2D eigenvalue weighted by Crippen LogP contribution is 2.17. The molecule has 0 aromatic heterocycles. The van der Waals surface area contributed by atoms with Crippen molar-refractivity contribution >= 4 is 27.8 Å². The van der Waals surface area contributed by atoms with E-state index in [9.17, 15) is 4.79 Å². The van der Waals surface area contributed by atoms with Gasteiger partial charge in [-0.1, -0.05) is 41.4 Å². The lowest BCUT2D eigenvalue weighted by Crippen LogP contribution is -2.48. The number of aliphatic imine (C=N–C) groups is 1. The van der Waals surface area contributed by atoms with Gasteiger partial charge >= 0.3 is 0 Å². The van der Waals surface area contributed by atoms with Crippen molar-refractivity contribution in [3.63, 3.8) is 0 Å². The molecule has 6 heteroatoms. The van der Waals surface area contributed by atoms with Gasteiger partial charge in [0.25, 0.3) is 0 Å². The molecule has 5 nitrogen and oxygen atoms in total. The number of rotatable bonds is 8. The molecule has 0 saturated heterocycles. The van der Waals surface area contributed by atoms with E-state index in [1.807, 2.05) is 19.9 Å². The van der Waals surface area contributed by atoms with Crippen LogP contribution in [0.4, 0.5) is 0 Å². The number of amides is 1. The molecule has 1 rings (SSSR count). The molecular formula is C19H31BrN4O. The average Bonchev–Trinajstić information content (AvgIpc) is 2.59. The zero-order chi connectivity index (χ0) is 18.9. The fraction of sp³-hybridized carbons (Fsp3) is 0.579. The summed E-state index contributed by atoms with van der Waals surface area (Å²) < 4.78 is 1.11. The van der Waals surface area contributed by atoms with Crippen molar-refractivity contribution in [1.82, 2.24) is 16.0 Å². The van der Waals surface area contributed by atoms with E-state index in [2.05, 4.69) is 62.0 Å². The van der Waals surface area contributed by atoms with Gasteiger partial charge in [0, 0.05) is 31.7 Å². The van der Waals surface area contributed by atoms with Crippen LogP contribution in [0.2, 0.25) is 0 Å². The van der Waals surface area contributed by atoms with Gasteiger partial charge in [0.2, 0.25) is 5.91 Å². The Labute approximate surface area is 160 Å². The van der Waals surface area contributed by atoms with E-state index >= 15 is 0 Å². The van der Waals surface area contributed by atoms with Crippen molar-refractivity contribution in [3.8, 4) is 0 Å². The number of hydrogen-bond acceptors (Lipinski definition) is 2. The molecule has 1 atom stereocenters. The van der Waals surface area contributed by atoms with Crippen LogP contribution in [0.25, 0.3) is 0 Å². The van der Waals surface area contributed by atoms with Gasteiger partial charge < -0.3 is 16.0 Å². The van der Waals surface area contributed by atoms with Crippen LogP contribution in [0.15, 0.2) is 33.7 Å². The van der Waals surface area contributed by atoms with Crippen molar-refractivity contribution in [2.24, 2.45) is 16.3 Å². The number of nitrogens with one attached hydrogen (secondary N) is 3. The molecule has 1 aromatic carbocycles. The van der Waals surface area contributed by atoms with E-state index < -0.39 is 5.41 Å². The minimum Gasteiger partial charge on any atom is -0.359 e. The third-order valence-corrected chi connectivity index (χ3v) is 4.81. The summed E-state index contributed by atoms with van der Waals surface area (Å²) >= 11 is 3.53. The third kappa shape index (κ3) is 7.46. The van der Waals surface area contributed by atoms with Crippen LogP contribution < -0.4 is 16.0 Å². The molecule has 0 aliphatic carbocycles. The molecule has 0 fully saturated rings. The van der Waals surface area contributed by atoms with Crippen LogP contribution in [0, 0.1) is 11.3 Å². The quantitative estimate of drug-likeness (QED) is 0.455. The molecule has 140 valence electrons. The minimum atomic E-state index is -0.493. The summed E-state index contributed by atoms with van der Waals surface area (Å²) in [7, 11) is 3.41. The Bertz CT molecular complexity index is 587. The Balaban J connectivity index is 2.53. The number of halogens is 1. The summed E-state index contributed by atoms with van der Waals surface area (Å²) in [5.74, 6) is 1.25. The van der Waals surface area contributed by atoms with Crippen molar-refractivity contribution in [1.29, 1.82) is 0 Å². The lowest BCUT2D eigenvalue weighted by atomic mass is 9.92. The lowest BCUT2D eigenvalue weighted by Gasteiger charge is -2.25. The Hall–Kier alpha value is -1.56. The smallest absolute Gasteiger partial charge is 0.227 e. The summed E-state index contributed by atoms with van der Waals surface area (Å²) in [5.41, 5.74) is 0.832. The molecular weight excluding hydrogens is 380 g/mol. The van der Waals surface area contributed by atoms with Gasteiger partial charge in [-0.3, -0.25) is 9.79 Å². The third-order valence-electron chi connectivity index (χ3n) is 4.31. The van der Waals surface area contributed by atoms with Crippen LogP contribution in [-0.4, -0.2) is 39.1 Å². The zero-order valence-corrected chi connectivity index (χ0v) is 17.5. The maximum absolute atomic E-state index is 11.9. The maximum Gasteiger partial charge on any atom is 0.227 e. The predicted octanol–water partition coefficient (Wildman–Crippen LogP) is 2.96. The topological polar surface area (TPSA) is 65.5 Å². The summed E-state index contributed by atoms with van der Waals surface area (Å²) in [6, 6.07) is 8.44. The first-order valence-corrected chi connectivity index (χ1v) is 9.52. The molecule has 0 aliphatic rings. The van der Waals surface area contributed by atoms with Crippen molar-refractivity contribution < 1.29 is 4.79 Å². The van der Waals surface area contributed by atoms with Gasteiger partial charge in [-0.05, 0) is 43.9 Å². The van der Waals surface area contributed by atoms with Gasteiger partial charge in [0.15, 0.2) is 5.96 Å². The number of hydrogen-bond donors (Lipinski definition) is 3. The molecule has 0 radical (unpaired) electrons. The molecule has 1 aromatic rings. The number of benzene rings is 1. The van der Waals surface area contributed by atoms with Gasteiger partial charge in [0.05, 0.1) is 5.41 Å². The zero-order valence-electron chi connectivity index (χ0n) is 15.9. The summed E-state index contributed by atoms with van der Waals surface area (Å²) in [6.45, 7) is 7.38. The second-order valence-corrected chi connectivity index (χ2v) is 7.79. The van der Waals surface area contributed by atoms with Crippen LogP contribution in [0.3, 0.4) is 0 Å². The van der Waals surface area contributed by atoms with Gasteiger partial charge in [-0.25, -0.2) is 0 Å². The first-order valence-electron chi connectivity index (χ1n) is 8.73. The monoisotopic (exact) mass is 410 g/mol. The molecule has 0 spiro atoms. The molecule has 0 saturated carbocycles. The molecule has 0 bridgehead atoms. The van der Waals surface area contributed by atoms with Gasteiger partial charge in [-0.2, -0.15) is 0 Å². The van der Waals surface area contributed by atoms with Crippen LogP contribution in [0.5, 0.6) is 0 Å². The first-order chi connectivity index (χ1) is 11.8. The van der Waals surface area contributed by atoms with E-state index in [0.717, 1.165) is 29.8 Å². The Kier molecular flexibility index (Phi) is 8.97. The van der Waals surface area contributed by atoms with Crippen LogP contribution >= 0.6 is 15.9 Å². The van der Waals surface area contributed by atoms with Crippen LogP contribution in [-0.2, 0) is 11.2 Å². The SMILES string of the molecule is CCC(CNC(=NC)NCC(C)(C)C(=O)NC)Cc1cccc(Br)c1.